The van der Waals surface area contributed by atoms with Gasteiger partial charge in [-0.3, -0.25) is 4.79 Å². The Hall–Kier alpha value is -2.50. The molecule has 0 aromatic carbocycles. The van der Waals surface area contributed by atoms with Gasteiger partial charge in [-0.05, 0) is 45.2 Å². The fourth-order valence-electron chi connectivity index (χ4n) is 3.25. The van der Waals surface area contributed by atoms with Gasteiger partial charge in [0.05, 0.1) is 6.04 Å². The van der Waals surface area contributed by atoms with E-state index in [0.29, 0.717) is 6.42 Å². The molecule has 0 unspecified atom stereocenters. The number of hydrogen-bond donors (Lipinski definition) is 1. The third-order valence-corrected chi connectivity index (χ3v) is 4.44. The zero-order chi connectivity index (χ0) is 17.8. The Bertz CT molecular complexity index is 761. The van der Waals surface area contributed by atoms with E-state index in [1.54, 1.807) is 0 Å². The fraction of sp³-hybridized carbons (Fsp3) is 0.474. The second-order valence-corrected chi connectivity index (χ2v) is 6.49. The molecule has 25 heavy (non-hydrogen) atoms. The molecule has 132 valence electrons. The molecule has 3 heterocycles. The Labute approximate surface area is 148 Å². The van der Waals surface area contributed by atoms with Crippen LogP contribution >= 0.6 is 0 Å². The number of pyridine rings is 1. The van der Waals surface area contributed by atoms with E-state index >= 15 is 0 Å². The van der Waals surface area contributed by atoms with Crippen molar-refractivity contribution in [3.8, 4) is 0 Å². The molecule has 6 heteroatoms. The number of aryl methyl sites for hydroxylation is 2. The Morgan fingerprint density at radius 3 is 2.76 bits per heavy atom. The highest BCUT2D eigenvalue weighted by atomic mass is 16.2. The molecule has 1 aliphatic heterocycles. The molecule has 6 nitrogen and oxygen atoms in total. The lowest BCUT2D eigenvalue weighted by atomic mass is 10.0. The molecule has 0 bridgehead atoms. The highest BCUT2D eigenvalue weighted by Gasteiger charge is 2.29. The van der Waals surface area contributed by atoms with Crippen LogP contribution in [0.15, 0.2) is 24.3 Å². The Morgan fingerprint density at radius 2 is 2.00 bits per heavy atom. The van der Waals surface area contributed by atoms with Gasteiger partial charge in [0, 0.05) is 30.4 Å². The third-order valence-electron chi connectivity index (χ3n) is 4.44. The van der Waals surface area contributed by atoms with Gasteiger partial charge < -0.3 is 10.2 Å². The minimum Gasteiger partial charge on any atom is -0.332 e. The van der Waals surface area contributed by atoms with Gasteiger partial charge in [-0.1, -0.05) is 13.0 Å². The average Bonchev–Trinajstić information content (AvgIpc) is 2.60. The highest BCUT2D eigenvalue weighted by Crippen LogP contribution is 2.30. The number of aromatic nitrogens is 3. The number of hydrogen-bond acceptors (Lipinski definition) is 5. The van der Waals surface area contributed by atoms with Crippen LogP contribution in [-0.2, 0) is 4.79 Å². The van der Waals surface area contributed by atoms with Crippen molar-refractivity contribution >= 4 is 17.5 Å². The van der Waals surface area contributed by atoms with Crippen molar-refractivity contribution in [1.29, 1.82) is 0 Å². The lowest BCUT2D eigenvalue weighted by molar-refractivity contribution is -0.134. The Balaban J connectivity index is 1.88. The summed E-state index contributed by atoms with van der Waals surface area (Å²) in [7, 11) is 0. The fourth-order valence-corrected chi connectivity index (χ4v) is 3.25. The van der Waals surface area contributed by atoms with Gasteiger partial charge in [-0.2, -0.15) is 0 Å². The molecule has 0 spiro atoms. The van der Waals surface area contributed by atoms with Crippen LogP contribution in [-0.4, -0.2) is 32.3 Å². The lowest BCUT2D eigenvalue weighted by Crippen LogP contribution is -2.39. The molecule has 1 atom stereocenters. The number of carbonyl (C=O) groups is 1. The number of nitrogens with one attached hydrogen (secondary N) is 1. The van der Waals surface area contributed by atoms with Gasteiger partial charge >= 0.3 is 0 Å². The minimum atomic E-state index is -0.0351. The van der Waals surface area contributed by atoms with Gasteiger partial charge in [-0.25, -0.2) is 15.0 Å². The van der Waals surface area contributed by atoms with Crippen molar-refractivity contribution in [2.24, 2.45) is 0 Å². The van der Waals surface area contributed by atoms with Gasteiger partial charge in [0.1, 0.15) is 11.6 Å². The second kappa shape index (κ2) is 7.59. The second-order valence-electron chi connectivity index (χ2n) is 6.49. The molecular formula is C19H25N5O. The van der Waals surface area contributed by atoms with Crippen LogP contribution in [0.2, 0.25) is 0 Å². The van der Waals surface area contributed by atoms with Gasteiger partial charge in [0.15, 0.2) is 5.82 Å². The number of likely N-dealkylation sites (tertiary alicyclic amines) is 1. The van der Waals surface area contributed by atoms with Crippen LogP contribution in [0.3, 0.4) is 0 Å². The van der Waals surface area contributed by atoms with Crippen LogP contribution in [0.4, 0.5) is 11.6 Å². The van der Waals surface area contributed by atoms with E-state index < -0.39 is 0 Å². The lowest BCUT2D eigenvalue weighted by Gasteiger charge is -2.34. The molecule has 1 amide bonds. The smallest absolute Gasteiger partial charge is 0.222 e. The predicted molar refractivity (Wildman–Crippen MR) is 97.6 cm³/mol. The summed E-state index contributed by atoms with van der Waals surface area (Å²) in [6.45, 7) is 6.60. The number of piperidine rings is 1. The predicted octanol–water partition coefficient (Wildman–Crippen LogP) is 3.70. The monoisotopic (exact) mass is 339 g/mol. The number of nitrogens with zero attached hydrogens (tertiary/aromatic N) is 4. The summed E-state index contributed by atoms with van der Waals surface area (Å²) in [5.41, 5.74) is 1.83. The SMILES string of the molecule is CCC(=O)N1CCCC[C@@H]1c1nc(C)cc(Nc2cccc(C)n2)n1. The molecule has 1 N–H and O–H groups in total. The Kier molecular flexibility index (Phi) is 5.26. The zero-order valence-electron chi connectivity index (χ0n) is 15.1. The maximum absolute atomic E-state index is 12.3. The summed E-state index contributed by atoms with van der Waals surface area (Å²) in [6.07, 6.45) is 3.57. The molecule has 1 saturated heterocycles. The largest absolute Gasteiger partial charge is 0.332 e. The summed E-state index contributed by atoms with van der Waals surface area (Å²) in [6, 6.07) is 7.70. The van der Waals surface area contributed by atoms with E-state index in [0.717, 1.165) is 54.7 Å². The first-order valence-corrected chi connectivity index (χ1v) is 8.92. The van der Waals surface area contributed by atoms with Crippen LogP contribution in [0, 0.1) is 13.8 Å². The van der Waals surface area contributed by atoms with Crippen molar-refractivity contribution in [2.45, 2.75) is 52.5 Å². The summed E-state index contributed by atoms with van der Waals surface area (Å²) in [5, 5.41) is 3.26. The molecule has 2 aromatic rings. The molecule has 0 saturated carbocycles. The van der Waals surface area contributed by atoms with E-state index in [1.165, 1.54) is 0 Å². The number of anilines is 2. The molecule has 2 aromatic heterocycles. The van der Waals surface area contributed by atoms with E-state index in [2.05, 4.69) is 15.3 Å². The van der Waals surface area contributed by atoms with E-state index in [9.17, 15) is 4.79 Å². The molecule has 1 fully saturated rings. The minimum absolute atomic E-state index is 0.0351. The Morgan fingerprint density at radius 1 is 1.16 bits per heavy atom. The molecule has 0 radical (unpaired) electrons. The summed E-state index contributed by atoms with van der Waals surface area (Å²) < 4.78 is 0. The van der Waals surface area contributed by atoms with E-state index in [1.807, 2.05) is 49.9 Å². The zero-order valence-corrected chi connectivity index (χ0v) is 15.1. The maximum Gasteiger partial charge on any atom is 0.222 e. The molecular weight excluding hydrogens is 314 g/mol. The molecule has 1 aliphatic rings. The maximum atomic E-state index is 12.3. The summed E-state index contributed by atoms with van der Waals surface area (Å²) in [4.78, 5) is 28.0. The first kappa shape index (κ1) is 17.3. The van der Waals surface area contributed by atoms with Gasteiger partial charge in [0.25, 0.3) is 0 Å². The summed E-state index contributed by atoms with van der Waals surface area (Å²) >= 11 is 0. The number of rotatable bonds is 4. The van der Waals surface area contributed by atoms with Crippen molar-refractivity contribution < 1.29 is 4.79 Å². The van der Waals surface area contributed by atoms with Crippen LogP contribution in [0.1, 0.15) is 55.9 Å². The quantitative estimate of drug-likeness (QED) is 0.920. The first-order chi connectivity index (χ1) is 12.1. The van der Waals surface area contributed by atoms with Crippen molar-refractivity contribution in [3.05, 3.63) is 41.5 Å². The van der Waals surface area contributed by atoms with Crippen molar-refractivity contribution in [3.63, 3.8) is 0 Å². The van der Waals surface area contributed by atoms with Gasteiger partial charge in [0.2, 0.25) is 5.91 Å². The normalized spacial score (nSPS) is 17.4. The molecule has 3 rings (SSSR count). The van der Waals surface area contributed by atoms with Crippen molar-refractivity contribution in [2.75, 3.05) is 11.9 Å². The van der Waals surface area contributed by atoms with Crippen LogP contribution in [0.25, 0.3) is 0 Å². The first-order valence-electron chi connectivity index (χ1n) is 8.92. The topological polar surface area (TPSA) is 71.0 Å². The highest BCUT2D eigenvalue weighted by molar-refractivity contribution is 5.76. The molecule has 0 aliphatic carbocycles. The van der Waals surface area contributed by atoms with Crippen LogP contribution < -0.4 is 5.32 Å². The van der Waals surface area contributed by atoms with Crippen LogP contribution in [0.5, 0.6) is 0 Å². The number of amides is 1. The van der Waals surface area contributed by atoms with E-state index in [-0.39, 0.29) is 11.9 Å². The third kappa shape index (κ3) is 4.13. The standard InChI is InChI=1S/C19H25N5O/c1-4-18(25)24-11-6-5-9-15(24)19-21-14(3)12-17(23-19)22-16-10-7-8-13(2)20-16/h7-8,10,12,15H,4-6,9,11H2,1-3H3,(H,20,21,22,23)/t15-/m1/s1. The van der Waals surface area contributed by atoms with Crippen molar-refractivity contribution in [1.82, 2.24) is 19.9 Å². The number of carbonyl (C=O) groups excluding carboxylic acids is 1. The average molecular weight is 339 g/mol. The van der Waals surface area contributed by atoms with Gasteiger partial charge in [-0.15, -0.1) is 0 Å². The van der Waals surface area contributed by atoms with E-state index in [4.69, 9.17) is 4.98 Å². The summed E-state index contributed by atoms with van der Waals surface area (Å²) in [5.74, 6) is 2.37.